The summed E-state index contributed by atoms with van der Waals surface area (Å²) in [7, 11) is 0. The average molecular weight is 302 g/mol. The molecule has 0 radical (unpaired) electrons. The molecule has 0 fully saturated rings. The first-order valence-corrected chi connectivity index (χ1v) is 6.38. The Labute approximate surface area is 119 Å². The molecule has 0 aliphatic rings. The second-order valence-corrected chi connectivity index (χ2v) is 4.63. The Balaban J connectivity index is 3.03. The highest BCUT2D eigenvalue weighted by molar-refractivity contribution is 5.95. The lowest BCUT2D eigenvalue weighted by Gasteiger charge is -2.25. The van der Waals surface area contributed by atoms with Gasteiger partial charge in [-0.3, -0.25) is 14.9 Å². The van der Waals surface area contributed by atoms with Gasteiger partial charge in [-0.1, -0.05) is 13.8 Å². The summed E-state index contributed by atoms with van der Waals surface area (Å²) in [4.78, 5) is 21.4. The first-order chi connectivity index (χ1) is 9.75. The number of nitro benzene ring substituents is 1. The van der Waals surface area contributed by atoms with Crippen molar-refractivity contribution in [1.29, 1.82) is 0 Å². The van der Waals surface area contributed by atoms with Gasteiger partial charge in [-0.15, -0.1) is 0 Å². The summed E-state index contributed by atoms with van der Waals surface area (Å²) in [6.45, 7) is 3.19. The quantitative estimate of drug-likeness (QED) is 0.622. The fourth-order valence-electron chi connectivity index (χ4n) is 1.72. The Morgan fingerprint density at radius 2 is 1.95 bits per heavy atom. The predicted molar refractivity (Wildman–Crippen MR) is 70.9 cm³/mol. The van der Waals surface area contributed by atoms with E-state index < -0.39 is 39.3 Å². The highest BCUT2D eigenvalue weighted by Gasteiger charge is 2.28. The van der Waals surface area contributed by atoms with Crippen molar-refractivity contribution in [3.8, 4) is 0 Å². The third-order valence-electron chi connectivity index (χ3n) is 3.39. The van der Waals surface area contributed by atoms with Crippen molar-refractivity contribution >= 4 is 11.6 Å². The van der Waals surface area contributed by atoms with Crippen LogP contribution in [0.3, 0.4) is 0 Å². The lowest BCUT2D eigenvalue weighted by atomic mass is 9.97. The molecule has 1 aromatic carbocycles. The van der Waals surface area contributed by atoms with Crippen LogP contribution in [0.1, 0.15) is 37.0 Å². The summed E-state index contributed by atoms with van der Waals surface area (Å²) in [6, 6.07) is 1.30. The van der Waals surface area contributed by atoms with Crippen LogP contribution >= 0.6 is 0 Å². The molecule has 1 amide bonds. The number of hydrogen-bond donors (Lipinski definition) is 2. The van der Waals surface area contributed by atoms with Gasteiger partial charge in [-0.05, 0) is 18.9 Å². The number of hydrogen-bond acceptors (Lipinski definition) is 4. The smallest absolute Gasteiger partial charge is 0.305 e. The van der Waals surface area contributed by atoms with Crippen LogP contribution in [0.25, 0.3) is 0 Å². The molecule has 0 saturated heterocycles. The Bertz CT molecular complexity index is 559. The van der Waals surface area contributed by atoms with Crippen molar-refractivity contribution in [3.05, 3.63) is 39.4 Å². The first kappa shape index (κ1) is 17.0. The lowest BCUT2D eigenvalue weighted by Crippen LogP contribution is -2.42. The van der Waals surface area contributed by atoms with Crippen LogP contribution in [0.2, 0.25) is 0 Å². The minimum Gasteiger partial charge on any atom is -0.388 e. The number of nitrogens with zero attached hydrogens (tertiary/aromatic N) is 1. The van der Waals surface area contributed by atoms with Gasteiger partial charge in [0.05, 0.1) is 10.5 Å². The SMILES string of the molecule is CCC(O)(CC)CNC(=O)c1c(F)ccc([N+](=O)[O-])c1F. The van der Waals surface area contributed by atoms with Gasteiger partial charge in [0, 0.05) is 12.6 Å². The molecule has 2 N–H and O–H groups in total. The molecular weight excluding hydrogens is 286 g/mol. The van der Waals surface area contributed by atoms with E-state index in [1.165, 1.54) is 0 Å². The maximum atomic E-state index is 13.8. The molecule has 0 saturated carbocycles. The molecule has 6 nitrogen and oxygen atoms in total. The molecule has 0 atom stereocenters. The zero-order chi connectivity index (χ0) is 16.2. The van der Waals surface area contributed by atoms with Gasteiger partial charge in [0.15, 0.2) is 0 Å². The van der Waals surface area contributed by atoms with E-state index >= 15 is 0 Å². The Hall–Kier alpha value is -2.09. The van der Waals surface area contributed by atoms with Gasteiger partial charge in [-0.25, -0.2) is 4.39 Å². The maximum absolute atomic E-state index is 13.8. The molecule has 1 aromatic rings. The van der Waals surface area contributed by atoms with Crippen molar-refractivity contribution in [1.82, 2.24) is 5.32 Å². The summed E-state index contributed by atoms with van der Waals surface area (Å²) in [5.41, 5.74) is -3.20. The second-order valence-electron chi connectivity index (χ2n) is 4.63. The Morgan fingerprint density at radius 1 is 1.38 bits per heavy atom. The van der Waals surface area contributed by atoms with Crippen molar-refractivity contribution in [2.75, 3.05) is 6.54 Å². The highest BCUT2D eigenvalue weighted by atomic mass is 19.1. The maximum Gasteiger partial charge on any atom is 0.305 e. The molecule has 0 aliphatic carbocycles. The molecule has 0 aromatic heterocycles. The molecule has 21 heavy (non-hydrogen) atoms. The van der Waals surface area contributed by atoms with Gasteiger partial charge in [-0.2, -0.15) is 4.39 Å². The molecule has 0 spiro atoms. The average Bonchev–Trinajstić information content (AvgIpc) is 2.44. The first-order valence-electron chi connectivity index (χ1n) is 6.38. The number of carbonyl (C=O) groups excluding carboxylic acids is 1. The molecule has 0 heterocycles. The van der Waals surface area contributed by atoms with E-state index in [1.54, 1.807) is 13.8 Å². The van der Waals surface area contributed by atoms with Crippen molar-refractivity contribution in [2.24, 2.45) is 0 Å². The number of aliphatic hydroxyl groups is 1. The molecule has 0 aliphatic heterocycles. The van der Waals surface area contributed by atoms with Crippen LogP contribution in [0, 0.1) is 21.7 Å². The summed E-state index contributed by atoms with van der Waals surface area (Å²) in [5.74, 6) is -3.88. The third kappa shape index (κ3) is 3.72. The Morgan fingerprint density at radius 3 is 2.43 bits per heavy atom. The van der Waals surface area contributed by atoms with Crippen molar-refractivity contribution in [3.63, 3.8) is 0 Å². The minimum atomic E-state index is -1.53. The number of amides is 1. The molecule has 8 heteroatoms. The van der Waals surface area contributed by atoms with E-state index in [0.717, 1.165) is 0 Å². The van der Waals surface area contributed by atoms with E-state index in [9.17, 15) is 28.8 Å². The van der Waals surface area contributed by atoms with Gasteiger partial charge >= 0.3 is 5.69 Å². The van der Waals surface area contributed by atoms with Crippen LogP contribution in [-0.2, 0) is 0 Å². The monoisotopic (exact) mass is 302 g/mol. The summed E-state index contributed by atoms with van der Waals surface area (Å²) < 4.78 is 27.4. The van der Waals surface area contributed by atoms with Crippen molar-refractivity contribution < 1.29 is 23.6 Å². The van der Waals surface area contributed by atoms with Crippen LogP contribution in [0.5, 0.6) is 0 Å². The number of nitrogens with one attached hydrogen (secondary N) is 1. The van der Waals surface area contributed by atoms with Crippen LogP contribution in [-0.4, -0.2) is 28.1 Å². The van der Waals surface area contributed by atoms with Crippen LogP contribution in [0.15, 0.2) is 12.1 Å². The topological polar surface area (TPSA) is 92.5 Å². The van der Waals surface area contributed by atoms with Gasteiger partial charge in [0.25, 0.3) is 5.91 Å². The van der Waals surface area contributed by atoms with Crippen LogP contribution in [0.4, 0.5) is 14.5 Å². The zero-order valence-electron chi connectivity index (χ0n) is 11.7. The predicted octanol–water partition coefficient (Wildman–Crippen LogP) is 2.15. The minimum absolute atomic E-state index is 0.208. The second kappa shape index (κ2) is 6.57. The number of carbonyl (C=O) groups is 1. The van der Waals surface area contributed by atoms with E-state index in [2.05, 4.69) is 5.32 Å². The van der Waals surface area contributed by atoms with E-state index in [4.69, 9.17) is 0 Å². The fraction of sp³-hybridized carbons (Fsp3) is 0.462. The molecule has 116 valence electrons. The third-order valence-corrected chi connectivity index (χ3v) is 3.39. The van der Waals surface area contributed by atoms with Gasteiger partial charge < -0.3 is 10.4 Å². The number of halogens is 2. The summed E-state index contributed by atoms with van der Waals surface area (Å²) in [5, 5.41) is 22.8. The lowest BCUT2D eigenvalue weighted by molar-refractivity contribution is -0.387. The van der Waals surface area contributed by atoms with Crippen molar-refractivity contribution in [2.45, 2.75) is 32.3 Å². The fourth-order valence-corrected chi connectivity index (χ4v) is 1.72. The molecular formula is C13H16F2N2O4. The summed E-state index contributed by atoms with van der Waals surface area (Å²) in [6.07, 6.45) is 0.674. The van der Waals surface area contributed by atoms with Crippen LogP contribution < -0.4 is 5.32 Å². The van der Waals surface area contributed by atoms with E-state index in [-0.39, 0.29) is 6.54 Å². The number of nitro groups is 1. The Kier molecular flexibility index (Phi) is 5.31. The van der Waals surface area contributed by atoms with Gasteiger partial charge in [0.1, 0.15) is 11.4 Å². The van der Waals surface area contributed by atoms with Gasteiger partial charge in [0.2, 0.25) is 5.82 Å². The van der Waals surface area contributed by atoms with E-state index in [1.807, 2.05) is 0 Å². The zero-order valence-corrected chi connectivity index (χ0v) is 11.7. The van der Waals surface area contributed by atoms with E-state index in [0.29, 0.717) is 25.0 Å². The largest absolute Gasteiger partial charge is 0.388 e. The summed E-state index contributed by atoms with van der Waals surface area (Å²) >= 11 is 0. The molecule has 1 rings (SSSR count). The standard InChI is InChI=1S/C13H16F2N2O4/c1-3-13(19,4-2)7-16-12(18)10-8(14)5-6-9(11(10)15)17(20)21/h5-6,19H,3-4,7H2,1-2H3,(H,16,18). The molecule has 0 bridgehead atoms. The number of rotatable bonds is 6. The molecule has 0 unspecified atom stereocenters. The number of benzene rings is 1. The normalized spacial score (nSPS) is 11.3. The highest BCUT2D eigenvalue weighted by Crippen LogP contribution is 2.23.